The Morgan fingerprint density at radius 3 is 1.92 bits per heavy atom. The van der Waals surface area contributed by atoms with Crippen molar-refractivity contribution in [3.8, 4) is 0 Å². The molecule has 11 heteroatoms. The predicted molar refractivity (Wildman–Crippen MR) is 107 cm³/mol. The molecule has 0 amide bonds. The van der Waals surface area contributed by atoms with Gasteiger partial charge in [-0.05, 0) is 35.3 Å². The van der Waals surface area contributed by atoms with Crippen molar-refractivity contribution in [1.29, 1.82) is 0 Å². The highest BCUT2D eigenvalue weighted by atomic mass is 16.4. The summed E-state index contributed by atoms with van der Waals surface area (Å²) in [5.41, 5.74) is 0.785. The van der Waals surface area contributed by atoms with Crippen molar-refractivity contribution in [3.05, 3.63) is 40.2 Å². The summed E-state index contributed by atoms with van der Waals surface area (Å²) < 4.78 is 5.21. The topological polar surface area (TPSA) is 33.5 Å². The lowest BCUT2D eigenvalue weighted by Gasteiger charge is -2.49. The molecule has 0 unspecified atom stereocenters. The number of rotatable bonds is 1. The summed E-state index contributed by atoms with van der Waals surface area (Å²) >= 11 is 0. The monoisotopic (exact) mass is 309 g/mol. The van der Waals surface area contributed by atoms with E-state index in [4.69, 9.17) is 67.2 Å². The second-order valence-electron chi connectivity index (χ2n) is 6.65. The number of benzene rings is 1. The summed E-state index contributed by atoms with van der Waals surface area (Å²) in [5.74, 6) is 0. The summed E-state index contributed by atoms with van der Waals surface area (Å²) in [4.78, 5) is 12.8. The molecule has 2 aromatic rings. The van der Waals surface area contributed by atoms with Gasteiger partial charge in [0.1, 0.15) is 5.58 Å². The number of hydrogen-bond donors (Lipinski definition) is 0. The van der Waals surface area contributed by atoms with Crippen molar-refractivity contribution in [2.45, 2.75) is 28.0 Å². The van der Waals surface area contributed by atoms with Crippen LogP contribution in [0.4, 0.5) is 5.69 Å². The molecule has 1 aromatic heterocycles. The van der Waals surface area contributed by atoms with E-state index in [0.29, 0.717) is 5.39 Å². The molecule has 1 fully saturated rings. The Bertz CT molecular complexity index is 895. The molecule has 1 saturated heterocycles. The number of fused-ring (bicyclic) bond motifs is 1. The lowest BCUT2D eigenvalue weighted by Crippen LogP contribution is -2.59. The lowest BCUT2D eigenvalue weighted by molar-refractivity contribution is 0.559. The summed E-state index contributed by atoms with van der Waals surface area (Å²) in [6.45, 7) is 1.77. The molecule has 0 aliphatic carbocycles. The van der Waals surface area contributed by atoms with Gasteiger partial charge in [-0.15, -0.1) is 10.4 Å². The van der Waals surface area contributed by atoms with E-state index < -0.39 is 26.7 Å². The van der Waals surface area contributed by atoms with Gasteiger partial charge in [-0.2, -0.15) is 0 Å². The number of hydrogen-bond acceptors (Lipinski definition) is 3. The van der Waals surface area contributed by atoms with Crippen LogP contribution in [0.15, 0.2) is 33.5 Å². The highest BCUT2D eigenvalue weighted by Gasteiger charge is 2.62. The van der Waals surface area contributed by atoms with Gasteiger partial charge in [0, 0.05) is 23.2 Å². The maximum absolute atomic E-state index is 11.6. The third kappa shape index (κ3) is 2.20. The predicted octanol–water partition coefficient (Wildman–Crippen LogP) is -1.19. The fraction of sp³-hybridized carbons (Fsp3) is 0.357. The van der Waals surface area contributed by atoms with Crippen molar-refractivity contribution in [2.24, 2.45) is 0 Å². The zero-order valence-corrected chi connectivity index (χ0v) is 13.7. The van der Waals surface area contributed by atoms with Crippen LogP contribution in [0.3, 0.4) is 0 Å². The van der Waals surface area contributed by atoms with Gasteiger partial charge in [0.2, 0.25) is 0 Å². The first kappa shape index (κ1) is 18.5. The van der Waals surface area contributed by atoms with Gasteiger partial charge in [-0.1, -0.05) is 0 Å². The maximum Gasteiger partial charge on any atom is 0.336 e. The Kier molecular flexibility index (Phi) is 3.81. The molecule has 2 heterocycles. The molecule has 104 valence electrons. The molecule has 16 radical (unpaired) electrons. The van der Waals surface area contributed by atoms with E-state index in [9.17, 15) is 4.79 Å². The van der Waals surface area contributed by atoms with Gasteiger partial charge < -0.3 is 9.32 Å². The van der Waals surface area contributed by atoms with Crippen molar-refractivity contribution < 1.29 is 4.42 Å². The van der Waals surface area contributed by atoms with Crippen molar-refractivity contribution in [1.82, 2.24) is 0 Å². The molecule has 3 nitrogen and oxygen atoms in total. The first-order valence-corrected chi connectivity index (χ1v) is 7.41. The highest BCUT2D eigenvalue weighted by Crippen LogP contribution is 2.64. The second-order valence-corrected chi connectivity index (χ2v) is 6.65. The minimum absolute atomic E-state index is 0.278. The SMILES string of the molecule is [B]C1([B])N(c2ccc3c(C)cc(=O)oc3c2)C([B])([B])C([B])([B])C1([B])[B]. The molecule has 0 spiro atoms. The van der Waals surface area contributed by atoms with Crippen LogP contribution >= 0.6 is 0 Å². The smallest absolute Gasteiger partial charge is 0.336 e. The van der Waals surface area contributed by atoms with Crippen LogP contribution in [0.25, 0.3) is 11.0 Å². The third-order valence-corrected chi connectivity index (χ3v) is 4.94. The van der Waals surface area contributed by atoms with Gasteiger partial charge in [0.15, 0.2) is 0 Å². The van der Waals surface area contributed by atoms with E-state index in [-0.39, 0.29) is 11.3 Å². The molecule has 25 heavy (non-hydrogen) atoms. The summed E-state index contributed by atoms with van der Waals surface area (Å²) in [7, 11) is 48.5. The summed E-state index contributed by atoms with van der Waals surface area (Å²) in [5, 5.41) is -7.40. The van der Waals surface area contributed by atoms with Crippen LogP contribution in [-0.2, 0) is 0 Å². The first-order valence-electron chi connectivity index (χ1n) is 7.41. The van der Waals surface area contributed by atoms with Gasteiger partial charge in [-0.3, -0.25) is 0 Å². The Balaban J connectivity index is 2.28. The quantitative estimate of drug-likeness (QED) is 0.491. The largest absolute Gasteiger partial charge is 0.423 e. The fourth-order valence-electron chi connectivity index (χ4n) is 3.22. The van der Waals surface area contributed by atoms with Crippen LogP contribution in [-0.4, -0.2) is 73.4 Å². The minimum atomic E-state index is -2.05. The standard InChI is InChI=1S/C14H7B8NO2/c1-6-4-10(24)25-9-5-7(2-3-8(6)9)23-13(19,20)11(15,16)12(17,18)14(23,21)22/h2-5H,1H3. The maximum atomic E-state index is 11.6. The van der Waals surface area contributed by atoms with Gasteiger partial charge in [0.05, 0.1) is 62.8 Å². The third-order valence-electron chi connectivity index (χ3n) is 4.94. The zero-order valence-electron chi connectivity index (χ0n) is 13.7. The van der Waals surface area contributed by atoms with Crippen molar-refractivity contribution >= 4 is 79.4 Å². The molecule has 1 aliphatic rings. The van der Waals surface area contributed by atoms with E-state index in [1.165, 1.54) is 12.1 Å². The average Bonchev–Trinajstić information content (AvgIpc) is 2.51. The molecule has 0 N–H and O–H groups in total. The Hall–Kier alpha value is -1.25. The van der Waals surface area contributed by atoms with Crippen LogP contribution in [0, 0.1) is 6.92 Å². The molecular formula is C14H7B8NO2. The van der Waals surface area contributed by atoms with Crippen molar-refractivity contribution in [3.63, 3.8) is 0 Å². The van der Waals surface area contributed by atoms with Gasteiger partial charge in [0.25, 0.3) is 0 Å². The number of aryl methyl sites for hydroxylation is 1. The molecule has 1 aliphatic heterocycles. The summed E-state index contributed by atoms with van der Waals surface area (Å²) in [6, 6.07) is 6.18. The van der Waals surface area contributed by atoms with Crippen LogP contribution < -0.4 is 10.5 Å². The normalized spacial score (nSPS) is 22.8. The average molecular weight is 308 g/mol. The Labute approximate surface area is 157 Å². The van der Waals surface area contributed by atoms with Crippen LogP contribution in [0.1, 0.15) is 5.56 Å². The number of nitrogens with zero attached hydrogens (tertiary/aromatic N) is 1. The van der Waals surface area contributed by atoms with Crippen LogP contribution in [0.5, 0.6) is 0 Å². The molecule has 0 saturated carbocycles. The van der Waals surface area contributed by atoms with E-state index >= 15 is 0 Å². The highest BCUT2D eigenvalue weighted by molar-refractivity contribution is 6.69. The lowest BCUT2D eigenvalue weighted by atomic mass is 9.17. The van der Waals surface area contributed by atoms with Gasteiger partial charge in [-0.25, -0.2) is 4.79 Å². The zero-order chi connectivity index (χ0) is 19.0. The van der Waals surface area contributed by atoms with Gasteiger partial charge >= 0.3 is 5.63 Å². The Morgan fingerprint density at radius 1 is 0.880 bits per heavy atom. The molecule has 0 bridgehead atoms. The van der Waals surface area contributed by atoms with Crippen LogP contribution in [0.2, 0.25) is 10.4 Å². The van der Waals surface area contributed by atoms with E-state index in [1.54, 1.807) is 19.1 Å². The van der Waals surface area contributed by atoms with E-state index in [1.807, 2.05) is 0 Å². The van der Waals surface area contributed by atoms with E-state index in [0.717, 1.165) is 10.5 Å². The fourth-order valence-corrected chi connectivity index (χ4v) is 3.22. The summed E-state index contributed by atoms with van der Waals surface area (Å²) in [6.07, 6.45) is 0. The molecule has 1 aromatic carbocycles. The van der Waals surface area contributed by atoms with E-state index in [2.05, 4.69) is 0 Å². The number of anilines is 1. The first-order chi connectivity index (χ1) is 11.2. The molecule has 3 rings (SSSR count). The molecular weight excluding hydrogens is 301 g/mol. The second kappa shape index (κ2) is 5.14. The Morgan fingerprint density at radius 2 is 1.40 bits per heavy atom. The molecule has 0 atom stereocenters. The minimum Gasteiger partial charge on any atom is -0.423 e. The van der Waals surface area contributed by atoms with Crippen molar-refractivity contribution in [2.75, 3.05) is 4.90 Å².